The molecule has 0 heterocycles. The maximum Gasteiger partial charge on any atom is 0.405 e. The van der Waals surface area contributed by atoms with E-state index in [1.165, 1.54) is 0 Å². The van der Waals surface area contributed by atoms with Crippen LogP contribution in [0.15, 0.2) is 35.5 Å². The molecular weight excluding hydrogens is 277 g/mol. The largest absolute Gasteiger partial charge is 0.409 e. The van der Waals surface area contributed by atoms with Crippen LogP contribution in [0.2, 0.25) is 0 Å². The summed E-state index contributed by atoms with van der Waals surface area (Å²) in [6, 6.07) is 6.03. The molecule has 9 heteroatoms. The van der Waals surface area contributed by atoms with Gasteiger partial charge in [-0.25, -0.2) is 4.79 Å². The van der Waals surface area contributed by atoms with E-state index in [1.807, 2.05) is 0 Å². The maximum atomic E-state index is 12.0. The molecule has 6 nitrogen and oxygen atoms in total. The van der Waals surface area contributed by atoms with Crippen LogP contribution in [-0.4, -0.2) is 29.8 Å². The Morgan fingerprint density at radius 3 is 2.45 bits per heavy atom. The van der Waals surface area contributed by atoms with Crippen LogP contribution in [0.1, 0.15) is 11.6 Å². The number of hydrogen-bond acceptors (Lipinski definition) is 3. The topological polar surface area (TPSA) is 99.7 Å². The SMILES string of the molecule is N/C(=N/O)C(NC(=O)NCC(F)(F)F)c1ccccc1. The number of benzene rings is 1. The molecule has 0 aromatic heterocycles. The third-order valence-electron chi connectivity index (χ3n) is 2.27. The van der Waals surface area contributed by atoms with Gasteiger partial charge in [-0.15, -0.1) is 0 Å². The molecule has 2 amide bonds. The number of rotatable bonds is 4. The monoisotopic (exact) mass is 290 g/mol. The van der Waals surface area contributed by atoms with Crippen molar-refractivity contribution in [2.45, 2.75) is 12.2 Å². The van der Waals surface area contributed by atoms with Crippen LogP contribution < -0.4 is 16.4 Å². The Bertz CT molecular complexity index is 476. The molecule has 0 aliphatic carbocycles. The third kappa shape index (κ3) is 5.04. The molecule has 0 spiro atoms. The predicted octanol–water partition coefficient (Wildman–Crippen LogP) is 1.34. The van der Waals surface area contributed by atoms with Crippen molar-refractivity contribution in [2.24, 2.45) is 10.9 Å². The van der Waals surface area contributed by atoms with Gasteiger partial charge in [-0.05, 0) is 5.56 Å². The van der Waals surface area contributed by atoms with E-state index >= 15 is 0 Å². The van der Waals surface area contributed by atoms with Crippen LogP contribution in [0.3, 0.4) is 0 Å². The number of carbonyl (C=O) groups excluding carboxylic acids is 1. The molecule has 0 bridgehead atoms. The number of amidine groups is 1. The summed E-state index contributed by atoms with van der Waals surface area (Å²) in [6.07, 6.45) is -4.52. The Kier molecular flexibility index (Phi) is 5.18. The van der Waals surface area contributed by atoms with Gasteiger partial charge in [0.1, 0.15) is 12.6 Å². The second-order valence-corrected chi connectivity index (χ2v) is 3.81. The summed E-state index contributed by atoms with van der Waals surface area (Å²) in [6.45, 7) is -1.48. The van der Waals surface area contributed by atoms with Gasteiger partial charge in [0.05, 0.1) is 0 Å². The summed E-state index contributed by atoms with van der Waals surface area (Å²) in [5, 5.41) is 15.2. The molecule has 0 fully saturated rings. The molecule has 1 rings (SSSR count). The van der Waals surface area contributed by atoms with E-state index < -0.39 is 24.8 Å². The second kappa shape index (κ2) is 6.64. The first kappa shape index (κ1) is 15.6. The van der Waals surface area contributed by atoms with Gasteiger partial charge >= 0.3 is 12.2 Å². The summed E-state index contributed by atoms with van der Waals surface area (Å²) in [5.74, 6) is -0.349. The highest BCUT2D eigenvalue weighted by atomic mass is 19.4. The molecule has 20 heavy (non-hydrogen) atoms. The molecule has 0 radical (unpaired) electrons. The zero-order chi connectivity index (χ0) is 15.2. The smallest absolute Gasteiger partial charge is 0.405 e. The van der Waals surface area contributed by atoms with E-state index in [4.69, 9.17) is 10.9 Å². The van der Waals surface area contributed by atoms with Gasteiger partial charge in [0.25, 0.3) is 0 Å². The van der Waals surface area contributed by atoms with Crippen LogP contribution in [0, 0.1) is 0 Å². The number of alkyl halides is 3. The Morgan fingerprint density at radius 2 is 1.95 bits per heavy atom. The van der Waals surface area contributed by atoms with Crippen LogP contribution in [0.5, 0.6) is 0 Å². The summed E-state index contributed by atoms with van der Waals surface area (Å²) >= 11 is 0. The molecule has 0 saturated heterocycles. The number of amides is 2. The number of nitrogens with zero attached hydrogens (tertiary/aromatic N) is 1. The van der Waals surface area contributed by atoms with Crippen molar-refractivity contribution < 1.29 is 23.2 Å². The standard InChI is InChI=1S/C11H13F3N4O2/c12-11(13,14)6-16-10(19)17-8(9(15)18-20)7-4-2-1-3-5-7/h1-5,8,20H,6H2,(H2,15,18)(H2,16,17,19). The number of oxime groups is 1. The lowest BCUT2D eigenvalue weighted by molar-refractivity contribution is -0.122. The van der Waals surface area contributed by atoms with E-state index in [1.54, 1.807) is 35.6 Å². The highest BCUT2D eigenvalue weighted by Gasteiger charge is 2.28. The number of nitrogens with two attached hydrogens (primary N) is 1. The number of hydrogen-bond donors (Lipinski definition) is 4. The lowest BCUT2D eigenvalue weighted by Crippen LogP contribution is -2.45. The van der Waals surface area contributed by atoms with Crippen molar-refractivity contribution in [2.75, 3.05) is 6.54 Å². The quantitative estimate of drug-likeness (QED) is 0.291. The van der Waals surface area contributed by atoms with Crippen molar-refractivity contribution >= 4 is 11.9 Å². The van der Waals surface area contributed by atoms with Gasteiger partial charge in [-0.1, -0.05) is 35.5 Å². The lowest BCUT2D eigenvalue weighted by atomic mass is 10.1. The molecule has 0 aliphatic rings. The van der Waals surface area contributed by atoms with Gasteiger partial charge in [0, 0.05) is 0 Å². The van der Waals surface area contributed by atoms with Crippen LogP contribution in [0.4, 0.5) is 18.0 Å². The molecule has 1 aromatic carbocycles. The normalized spacial score (nSPS) is 13.7. The van der Waals surface area contributed by atoms with Crippen molar-refractivity contribution in [3.8, 4) is 0 Å². The van der Waals surface area contributed by atoms with Gasteiger partial charge in [0.2, 0.25) is 0 Å². The van der Waals surface area contributed by atoms with E-state index in [9.17, 15) is 18.0 Å². The number of nitrogens with one attached hydrogen (secondary N) is 2. The Labute approximate surface area is 112 Å². The average Bonchev–Trinajstić information content (AvgIpc) is 2.42. The first-order valence-electron chi connectivity index (χ1n) is 5.47. The van der Waals surface area contributed by atoms with Crippen molar-refractivity contribution in [3.63, 3.8) is 0 Å². The summed E-state index contributed by atoms with van der Waals surface area (Å²) in [5.41, 5.74) is 5.88. The molecule has 1 atom stereocenters. The lowest BCUT2D eigenvalue weighted by Gasteiger charge is -2.18. The zero-order valence-electron chi connectivity index (χ0n) is 10.2. The first-order chi connectivity index (χ1) is 9.33. The van der Waals surface area contributed by atoms with Crippen LogP contribution in [0.25, 0.3) is 0 Å². The van der Waals surface area contributed by atoms with E-state index in [-0.39, 0.29) is 5.84 Å². The van der Waals surface area contributed by atoms with Gasteiger partial charge in [-0.3, -0.25) is 0 Å². The molecule has 110 valence electrons. The molecular formula is C11H13F3N4O2. The highest BCUT2D eigenvalue weighted by Crippen LogP contribution is 2.14. The molecule has 5 N–H and O–H groups in total. The minimum Gasteiger partial charge on any atom is -0.409 e. The molecule has 1 aromatic rings. The molecule has 1 unspecified atom stereocenters. The van der Waals surface area contributed by atoms with Crippen LogP contribution >= 0.6 is 0 Å². The third-order valence-corrected chi connectivity index (χ3v) is 2.27. The van der Waals surface area contributed by atoms with Gasteiger partial charge in [0.15, 0.2) is 5.84 Å². The van der Waals surface area contributed by atoms with Crippen molar-refractivity contribution in [1.29, 1.82) is 0 Å². The second-order valence-electron chi connectivity index (χ2n) is 3.81. The minimum absolute atomic E-state index is 0.349. The predicted molar refractivity (Wildman–Crippen MR) is 65.2 cm³/mol. The average molecular weight is 290 g/mol. The first-order valence-corrected chi connectivity index (χ1v) is 5.47. The molecule has 0 aliphatic heterocycles. The summed E-state index contributed by atoms with van der Waals surface area (Å²) in [4.78, 5) is 11.4. The fraction of sp³-hybridized carbons (Fsp3) is 0.273. The van der Waals surface area contributed by atoms with E-state index in [0.717, 1.165) is 0 Å². The number of halogens is 3. The van der Waals surface area contributed by atoms with Crippen molar-refractivity contribution in [3.05, 3.63) is 35.9 Å². The summed E-state index contributed by atoms with van der Waals surface area (Å²) < 4.78 is 35.9. The maximum absolute atomic E-state index is 12.0. The van der Waals surface area contributed by atoms with Crippen LogP contribution in [-0.2, 0) is 0 Å². The van der Waals surface area contributed by atoms with Gasteiger partial charge < -0.3 is 21.6 Å². The zero-order valence-corrected chi connectivity index (χ0v) is 10.2. The Balaban J connectivity index is 2.75. The van der Waals surface area contributed by atoms with E-state index in [0.29, 0.717) is 5.56 Å². The number of carbonyl (C=O) groups is 1. The van der Waals surface area contributed by atoms with Gasteiger partial charge in [-0.2, -0.15) is 13.2 Å². The van der Waals surface area contributed by atoms with E-state index in [2.05, 4.69) is 10.5 Å². The summed E-state index contributed by atoms with van der Waals surface area (Å²) in [7, 11) is 0. The highest BCUT2D eigenvalue weighted by molar-refractivity contribution is 5.90. The Hall–Kier alpha value is -2.45. The minimum atomic E-state index is -4.52. The molecule has 0 saturated carbocycles. The number of urea groups is 1. The van der Waals surface area contributed by atoms with Crippen molar-refractivity contribution in [1.82, 2.24) is 10.6 Å². The fourth-order valence-corrected chi connectivity index (χ4v) is 1.39. The fourth-order valence-electron chi connectivity index (χ4n) is 1.39. The Morgan fingerprint density at radius 1 is 1.35 bits per heavy atom.